The maximum atomic E-state index is 13.5. The van der Waals surface area contributed by atoms with Crippen LogP contribution in [0.1, 0.15) is 70.0 Å². The van der Waals surface area contributed by atoms with Crippen LogP contribution in [0.25, 0.3) is 16.9 Å². The monoisotopic (exact) mass is 599 g/mol. The van der Waals surface area contributed by atoms with Crippen molar-refractivity contribution >= 4 is 11.7 Å². The molecule has 0 N–H and O–H groups in total. The average molecular weight is 600 g/mol. The SMILES string of the molecule is CC#Cc1cnc2cc(-c3nc4n(c3C)CCN(C3CCN(C(=O)OC(C)(C)C)C3)C4)cc(OC(C)c3ccc(F)cn3)n12. The van der Waals surface area contributed by atoms with E-state index in [0.29, 0.717) is 42.5 Å². The molecule has 0 radical (unpaired) electrons. The minimum Gasteiger partial charge on any atom is -0.469 e. The van der Waals surface area contributed by atoms with Crippen molar-refractivity contribution in [3.63, 3.8) is 0 Å². The molecule has 0 spiro atoms. The standard InChI is InChI=1S/C33H38FN7O3/c1-7-8-25-18-36-28-15-23(16-30(41(25)28)43-22(3)27-10-9-24(34)17-35-27)31-21(2)40-14-13-38(20-29(40)37-31)26-11-12-39(19-26)32(42)44-33(4,5)6/h9-10,15-18,22,26H,11-14,19-20H2,1-6H3. The van der Waals surface area contributed by atoms with E-state index < -0.39 is 17.5 Å². The summed E-state index contributed by atoms with van der Waals surface area (Å²) in [6.07, 6.45) is 3.13. The Morgan fingerprint density at radius 2 is 1.95 bits per heavy atom. The Morgan fingerprint density at radius 1 is 1.14 bits per heavy atom. The number of hydrogen-bond acceptors (Lipinski definition) is 7. The van der Waals surface area contributed by atoms with Crippen LogP contribution in [0.2, 0.25) is 0 Å². The third kappa shape index (κ3) is 5.86. The molecule has 6 rings (SSSR count). The molecule has 1 fully saturated rings. The molecule has 2 unspecified atom stereocenters. The Balaban J connectivity index is 1.27. The van der Waals surface area contributed by atoms with E-state index in [4.69, 9.17) is 14.5 Å². The summed E-state index contributed by atoms with van der Waals surface area (Å²) < 4.78 is 29.7. The van der Waals surface area contributed by atoms with Crippen LogP contribution in [0.4, 0.5) is 9.18 Å². The van der Waals surface area contributed by atoms with Gasteiger partial charge in [-0.05, 0) is 72.1 Å². The predicted octanol–water partition coefficient (Wildman–Crippen LogP) is 5.38. The molecular formula is C33H38FN7O3. The fourth-order valence-corrected chi connectivity index (χ4v) is 6.00. The molecule has 230 valence electrons. The molecule has 1 amide bonds. The lowest BCUT2D eigenvalue weighted by atomic mass is 10.1. The summed E-state index contributed by atoms with van der Waals surface area (Å²) in [4.78, 5) is 30.8. The molecule has 6 heterocycles. The van der Waals surface area contributed by atoms with E-state index in [-0.39, 0.29) is 12.1 Å². The number of hydrogen-bond donors (Lipinski definition) is 0. The summed E-state index contributed by atoms with van der Waals surface area (Å²) in [7, 11) is 0. The molecule has 11 heteroatoms. The van der Waals surface area contributed by atoms with E-state index in [2.05, 4.69) is 38.2 Å². The first-order chi connectivity index (χ1) is 21.0. The number of rotatable bonds is 5. The van der Waals surface area contributed by atoms with Crippen molar-refractivity contribution in [1.82, 2.24) is 33.7 Å². The minimum atomic E-state index is -0.510. The van der Waals surface area contributed by atoms with E-state index in [1.807, 2.05) is 49.1 Å². The van der Waals surface area contributed by atoms with Gasteiger partial charge < -0.3 is 18.9 Å². The Labute approximate surface area is 256 Å². The molecular weight excluding hydrogens is 561 g/mol. The lowest BCUT2D eigenvalue weighted by Crippen LogP contribution is -2.44. The Bertz CT molecular complexity index is 1760. The van der Waals surface area contributed by atoms with Crippen LogP contribution in [0.15, 0.2) is 36.7 Å². The quantitative estimate of drug-likeness (QED) is 0.285. The van der Waals surface area contributed by atoms with Crippen molar-refractivity contribution in [1.29, 1.82) is 0 Å². The molecule has 0 aliphatic carbocycles. The third-order valence-corrected chi connectivity index (χ3v) is 8.15. The van der Waals surface area contributed by atoms with Crippen LogP contribution in [-0.4, -0.2) is 71.1 Å². The molecule has 4 aromatic heterocycles. The second kappa shape index (κ2) is 11.6. The predicted molar refractivity (Wildman–Crippen MR) is 164 cm³/mol. The van der Waals surface area contributed by atoms with Crippen LogP contribution in [0, 0.1) is 24.6 Å². The van der Waals surface area contributed by atoms with E-state index in [9.17, 15) is 9.18 Å². The van der Waals surface area contributed by atoms with Gasteiger partial charge in [-0.3, -0.25) is 14.3 Å². The number of ether oxygens (including phenoxy) is 2. The highest BCUT2D eigenvalue weighted by Gasteiger charge is 2.35. The molecule has 0 aromatic carbocycles. The first-order valence-corrected chi connectivity index (χ1v) is 15.0. The largest absolute Gasteiger partial charge is 0.469 e. The molecule has 10 nitrogen and oxygen atoms in total. The zero-order valence-corrected chi connectivity index (χ0v) is 26.1. The zero-order chi connectivity index (χ0) is 31.2. The van der Waals surface area contributed by atoms with Crippen molar-refractivity contribution in [2.75, 3.05) is 19.6 Å². The Hall–Kier alpha value is -4.43. The van der Waals surface area contributed by atoms with Crippen molar-refractivity contribution in [3.8, 4) is 29.0 Å². The number of likely N-dealkylation sites (tertiary alicyclic amines) is 1. The van der Waals surface area contributed by atoms with Gasteiger partial charge in [0, 0.05) is 49.5 Å². The highest BCUT2D eigenvalue weighted by molar-refractivity contribution is 5.70. The van der Waals surface area contributed by atoms with Crippen LogP contribution in [0.5, 0.6) is 5.88 Å². The lowest BCUT2D eigenvalue weighted by Gasteiger charge is -2.33. The summed E-state index contributed by atoms with van der Waals surface area (Å²) >= 11 is 0. The molecule has 0 saturated carbocycles. The van der Waals surface area contributed by atoms with Gasteiger partial charge in [0.2, 0.25) is 5.88 Å². The second-order valence-electron chi connectivity index (χ2n) is 12.4. The number of imidazole rings is 2. The number of aromatic nitrogens is 5. The van der Waals surface area contributed by atoms with Gasteiger partial charge in [-0.15, -0.1) is 0 Å². The van der Waals surface area contributed by atoms with Gasteiger partial charge in [0.1, 0.15) is 34.7 Å². The number of fused-ring (bicyclic) bond motifs is 2. The maximum Gasteiger partial charge on any atom is 0.410 e. The van der Waals surface area contributed by atoms with Crippen LogP contribution in [-0.2, 0) is 17.8 Å². The van der Waals surface area contributed by atoms with E-state index in [1.54, 1.807) is 19.2 Å². The van der Waals surface area contributed by atoms with Gasteiger partial charge in [-0.25, -0.2) is 19.2 Å². The summed E-state index contributed by atoms with van der Waals surface area (Å²) in [5.41, 5.74) is 4.33. The number of nitrogens with zero attached hydrogens (tertiary/aromatic N) is 7. The second-order valence-corrected chi connectivity index (χ2v) is 12.4. The zero-order valence-electron chi connectivity index (χ0n) is 26.1. The molecule has 4 aromatic rings. The molecule has 2 aliphatic rings. The number of carbonyl (C=O) groups excluding carboxylic acids is 1. The van der Waals surface area contributed by atoms with Gasteiger partial charge in [0.15, 0.2) is 0 Å². The summed E-state index contributed by atoms with van der Waals surface area (Å²) in [5.74, 6) is 7.19. The minimum absolute atomic E-state index is 0.248. The van der Waals surface area contributed by atoms with E-state index >= 15 is 0 Å². The van der Waals surface area contributed by atoms with Crippen LogP contribution >= 0.6 is 0 Å². The van der Waals surface area contributed by atoms with Crippen molar-refractivity contribution < 1.29 is 18.7 Å². The van der Waals surface area contributed by atoms with E-state index in [0.717, 1.165) is 42.3 Å². The van der Waals surface area contributed by atoms with Gasteiger partial charge >= 0.3 is 6.09 Å². The topological polar surface area (TPSA) is 90.0 Å². The van der Waals surface area contributed by atoms with Crippen molar-refractivity contribution in [2.45, 2.75) is 78.8 Å². The Morgan fingerprint density at radius 3 is 2.68 bits per heavy atom. The number of halogens is 1. The summed E-state index contributed by atoms with van der Waals surface area (Å²) in [6, 6.07) is 7.23. The smallest absolute Gasteiger partial charge is 0.410 e. The Kier molecular flexibility index (Phi) is 7.80. The molecule has 2 aliphatic heterocycles. The third-order valence-electron chi connectivity index (χ3n) is 8.15. The first-order valence-electron chi connectivity index (χ1n) is 15.0. The van der Waals surface area contributed by atoms with Gasteiger partial charge in [-0.2, -0.15) is 0 Å². The molecule has 44 heavy (non-hydrogen) atoms. The van der Waals surface area contributed by atoms with Gasteiger partial charge in [0.05, 0.1) is 30.3 Å². The number of pyridine rings is 2. The number of carbonyl (C=O) groups is 1. The fraction of sp³-hybridized carbons (Fsp3) is 0.455. The summed E-state index contributed by atoms with van der Waals surface area (Å²) in [6.45, 7) is 15.2. The highest BCUT2D eigenvalue weighted by atomic mass is 19.1. The highest BCUT2D eigenvalue weighted by Crippen LogP contribution is 2.33. The van der Waals surface area contributed by atoms with Crippen LogP contribution < -0.4 is 4.74 Å². The normalized spacial score (nSPS) is 17.7. The van der Waals surface area contributed by atoms with Crippen molar-refractivity contribution in [3.05, 3.63) is 65.4 Å². The number of amides is 1. The first kappa shape index (κ1) is 29.6. The lowest BCUT2D eigenvalue weighted by molar-refractivity contribution is 0.0275. The van der Waals surface area contributed by atoms with Crippen LogP contribution in [0.3, 0.4) is 0 Å². The summed E-state index contributed by atoms with van der Waals surface area (Å²) in [5, 5.41) is 0. The molecule has 2 atom stereocenters. The van der Waals surface area contributed by atoms with Gasteiger partial charge in [0.25, 0.3) is 0 Å². The van der Waals surface area contributed by atoms with E-state index in [1.165, 1.54) is 12.3 Å². The molecule has 0 bridgehead atoms. The molecule has 1 saturated heterocycles. The maximum absolute atomic E-state index is 13.5. The average Bonchev–Trinajstić information content (AvgIpc) is 3.70. The fourth-order valence-electron chi connectivity index (χ4n) is 6.00. The van der Waals surface area contributed by atoms with Gasteiger partial charge in [-0.1, -0.05) is 5.92 Å². The van der Waals surface area contributed by atoms with Crippen molar-refractivity contribution in [2.24, 2.45) is 0 Å².